The van der Waals surface area contributed by atoms with Crippen LogP contribution in [0.3, 0.4) is 0 Å². The first kappa shape index (κ1) is 6.97. The number of aromatic hydroxyl groups is 1. The van der Waals surface area contributed by atoms with Gasteiger partial charge in [0.05, 0.1) is 12.5 Å². The molecule has 62 valence electrons. The van der Waals surface area contributed by atoms with Gasteiger partial charge in [0, 0.05) is 0 Å². The average Bonchev–Trinajstić information content (AvgIpc) is 2.49. The molecule has 2 rings (SSSR count). The van der Waals surface area contributed by atoms with Crippen molar-refractivity contribution >= 4 is 10.9 Å². The maximum Gasteiger partial charge on any atom is 0.240 e. The van der Waals surface area contributed by atoms with Crippen molar-refractivity contribution in [3.05, 3.63) is 18.2 Å². The van der Waals surface area contributed by atoms with Gasteiger partial charge in [-0.05, 0) is 12.1 Å². The van der Waals surface area contributed by atoms with Crippen LogP contribution in [-0.2, 0) is 0 Å². The first-order valence-electron chi connectivity index (χ1n) is 3.53. The minimum Gasteiger partial charge on any atom is -0.506 e. The Morgan fingerprint density at radius 1 is 1.50 bits per heavy atom. The van der Waals surface area contributed by atoms with Crippen LogP contribution in [0.2, 0.25) is 0 Å². The molecule has 0 saturated heterocycles. The maximum absolute atomic E-state index is 9.35. The second-order valence-corrected chi connectivity index (χ2v) is 2.43. The predicted molar refractivity (Wildman–Crippen MR) is 44.3 cm³/mol. The average molecular weight is 164 g/mol. The van der Waals surface area contributed by atoms with Crippen molar-refractivity contribution in [1.82, 2.24) is 10.2 Å². The van der Waals surface area contributed by atoms with E-state index in [1.807, 2.05) is 6.07 Å². The monoisotopic (exact) mass is 164 g/mol. The molecule has 0 radical (unpaired) electrons. The summed E-state index contributed by atoms with van der Waals surface area (Å²) in [6, 6.07) is 5.17. The Labute approximate surface area is 68.8 Å². The third-order valence-electron chi connectivity index (χ3n) is 1.74. The third kappa shape index (κ3) is 0.812. The molecule has 1 aromatic heterocycles. The van der Waals surface area contributed by atoms with E-state index in [-0.39, 0.29) is 5.75 Å². The molecule has 2 aromatic rings. The van der Waals surface area contributed by atoms with Crippen LogP contribution in [0.15, 0.2) is 18.2 Å². The number of benzene rings is 1. The van der Waals surface area contributed by atoms with Gasteiger partial charge in [-0.3, -0.25) is 5.10 Å². The standard InChI is InChI=1S/C8H8N2O2/c1-12-8-5-3-2-4-6(11)7(5)9-10-8/h2-4,11H,1H3,(H,9,10). The maximum atomic E-state index is 9.35. The van der Waals surface area contributed by atoms with Crippen molar-refractivity contribution in [3.63, 3.8) is 0 Å². The zero-order chi connectivity index (χ0) is 8.55. The SMILES string of the molecule is COc1n[nH]c2c(O)cccc12. The van der Waals surface area contributed by atoms with Crippen molar-refractivity contribution in [3.8, 4) is 11.6 Å². The molecule has 1 heterocycles. The first-order valence-corrected chi connectivity index (χ1v) is 3.53. The first-order chi connectivity index (χ1) is 5.83. The summed E-state index contributed by atoms with van der Waals surface area (Å²) in [7, 11) is 1.54. The molecule has 4 nitrogen and oxygen atoms in total. The van der Waals surface area contributed by atoms with Crippen LogP contribution >= 0.6 is 0 Å². The summed E-state index contributed by atoms with van der Waals surface area (Å²) < 4.78 is 4.97. The minimum absolute atomic E-state index is 0.184. The van der Waals surface area contributed by atoms with E-state index >= 15 is 0 Å². The Bertz CT molecular complexity index is 408. The van der Waals surface area contributed by atoms with Crippen LogP contribution in [0.25, 0.3) is 10.9 Å². The quantitative estimate of drug-likeness (QED) is 0.667. The molecule has 1 aromatic carbocycles. The van der Waals surface area contributed by atoms with E-state index in [1.54, 1.807) is 19.2 Å². The fourth-order valence-corrected chi connectivity index (χ4v) is 1.16. The number of phenolic OH excluding ortho intramolecular Hbond substituents is 1. The third-order valence-corrected chi connectivity index (χ3v) is 1.74. The Kier molecular flexibility index (Phi) is 1.40. The molecule has 0 fully saturated rings. The summed E-state index contributed by atoms with van der Waals surface area (Å²) in [5.74, 6) is 0.684. The molecule has 0 atom stereocenters. The molecule has 0 bridgehead atoms. The zero-order valence-electron chi connectivity index (χ0n) is 6.53. The van der Waals surface area contributed by atoms with Gasteiger partial charge in [0.2, 0.25) is 5.88 Å². The van der Waals surface area contributed by atoms with Gasteiger partial charge in [0.25, 0.3) is 0 Å². The summed E-state index contributed by atoms with van der Waals surface area (Å²) >= 11 is 0. The molecule has 12 heavy (non-hydrogen) atoms. The lowest BCUT2D eigenvalue weighted by Gasteiger charge is -1.94. The molecule has 0 saturated carbocycles. The van der Waals surface area contributed by atoms with Crippen LogP contribution in [0.4, 0.5) is 0 Å². The molecule has 0 amide bonds. The molecular formula is C8H8N2O2. The van der Waals surface area contributed by atoms with Gasteiger partial charge in [0.1, 0.15) is 11.3 Å². The van der Waals surface area contributed by atoms with E-state index in [1.165, 1.54) is 0 Å². The number of rotatable bonds is 1. The smallest absolute Gasteiger partial charge is 0.240 e. The van der Waals surface area contributed by atoms with Crippen LogP contribution in [-0.4, -0.2) is 22.4 Å². The van der Waals surface area contributed by atoms with Gasteiger partial charge in [-0.2, -0.15) is 0 Å². The lowest BCUT2D eigenvalue weighted by atomic mass is 10.2. The molecule has 2 N–H and O–H groups in total. The van der Waals surface area contributed by atoms with Gasteiger partial charge in [-0.1, -0.05) is 6.07 Å². The summed E-state index contributed by atoms with van der Waals surface area (Å²) in [6.45, 7) is 0. The van der Waals surface area contributed by atoms with E-state index in [0.717, 1.165) is 5.39 Å². The Balaban J connectivity index is 2.80. The molecule has 0 aliphatic heterocycles. The number of aromatic nitrogens is 2. The summed E-state index contributed by atoms with van der Waals surface area (Å²) in [5.41, 5.74) is 0.606. The fraction of sp³-hybridized carbons (Fsp3) is 0.125. The molecule has 0 aliphatic carbocycles. The van der Waals surface area contributed by atoms with Crippen LogP contribution in [0.5, 0.6) is 11.6 Å². The van der Waals surface area contributed by atoms with Crippen molar-refractivity contribution < 1.29 is 9.84 Å². The lowest BCUT2D eigenvalue weighted by Crippen LogP contribution is -1.81. The molecule has 0 spiro atoms. The fourth-order valence-electron chi connectivity index (χ4n) is 1.16. The predicted octanol–water partition coefficient (Wildman–Crippen LogP) is 1.28. The highest BCUT2D eigenvalue weighted by molar-refractivity contribution is 5.88. The number of ether oxygens (including phenoxy) is 1. The number of aromatic amines is 1. The number of para-hydroxylation sites is 1. The Hall–Kier alpha value is -1.71. The number of hydrogen-bond donors (Lipinski definition) is 2. The van der Waals surface area contributed by atoms with E-state index in [2.05, 4.69) is 10.2 Å². The van der Waals surface area contributed by atoms with E-state index in [0.29, 0.717) is 11.4 Å². The summed E-state index contributed by atoms with van der Waals surface area (Å²) in [5, 5.41) is 16.7. The second kappa shape index (κ2) is 2.41. The number of phenols is 1. The highest BCUT2D eigenvalue weighted by atomic mass is 16.5. The highest BCUT2D eigenvalue weighted by Crippen LogP contribution is 2.27. The Morgan fingerprint density at radius 2 is 2.33 bits per heavy atom. The number of methoxy groups -OCH3 is 1. The number of fused-ring (bicyclic) bond motifs is 1. The van der Waals surface area contributed by atoms with Gasteiger partial charge >= 0.3 is 0 Å². The van der Waals surface area contributed by atoms with Crippen LogP contribution in [0, 0.1) is 0 Å². The van der Waals surface area contributed by atoms with Crippen molar-refractivity contribution in [2.75, 3.05) is 7.11 Å². The van der Waals surface area contributed by atoms with E-state index in [9.17, 15) is 5.11 Å². The van der Waals surface area contributed by atoms with Crippen LogP contribution < -0.4 is 4.74 Å². The number of nitrogens with one attached hydrogen (secondary N) is 1. The molecule has 0 aliphatic rings. The topological polar surface area (TPSA) is 58.1 Å². The number of nitrogens with zero attached hydrogens (tertiary/aromatic N) is 1. The Morgan fingerprint density at radius 3 is 3.08 bits per heavy atom. The largest absolute Gasteiger partial charge is 0.506 e. The number of H-pyrrole nitrogens is 1. The normalized spacial score (nSPS) is 10.4. The van der Waals surface area contributed by atoms with Gasteiger partial charge in [0.15, 0.2) is 0 Å². The summed E-state index contributed by atoms with van der Waals surface area (Å²) in [4.78, 5) is 0. The highest BCUT2D eigenvalue weighted by Gasteiger charge is 2.07. The van der Waals surface area contributed by atoms with Gasteiger partial charge < -0.3 is 9.84 Å². The van der Waals surface area contributed by atoms with E-state index in [4.69, 9.17) is 4.74 Å². The van der Waals surface area contributed by atoms with Crippen LogP contribution in [0.1, 0.15) is 0 Å². The molecular weight excluding hydrogens is 156 g/mol. The van der Waals surface area contributed by atoms with Gasteiger partial charge in [-0.25, -0.2) is 0 Å². The van der Waals surface area contributed by atoms with Crippen molar-refractivity contribution in [1.29, 1.82) is 0 Å². The zero-order valence-corrected chi connectivity index (χ0v) is 6.53. The van der Waals surface area contributed by atoms with Crippen molar-refractivity contribution in [2.45, 2.75) is 0 Å². The number of hydrogen-bond acceptors (Lipinski definition) is 3. The lowest BCUT2D eigenvalue weighted by molar-refractivity contribution is 0.401. The summed E-state index contributed by atoms with van der Waals surface area (Å²) in [6.07, 6.45) is 0. The van der Waals surface area contributed by atoms with Gasteiger partial charge in [-0.15, -0.1) is 5.10 Å². The molecule has 0 unspecified atom stereocenters. The second-order valence-electron chi connectivity index (χ2n) is 2.43. The van der Waals surface area contributed by atoms with Crippen molar-refractivity contribution in [2.24, 2.45) is 0 Å². The molecule has 4 heteroatoms. The van der Waals surface area contributed by atoms with E-state index < -0.39 is 0 Å². The minimum atomic E-state index is 0.184.